The van der Waals surface area contributed by atoms with Crippen LogP contribution in [-0.2, 0) is 9.53 Å². The summed E-state index contributed by atoms with van der Waals surface area (Å²) in [6.45, 7) is 4.93. The van der Waals surface area contributed by atoms with Crippen LogP contribution in [-0.4, -0.2) is 28.3 Å². The summed E-state index contributed by atoms with van der Waals surface area (Å²) in [6, 6.07) is 11.9. The van der Waals surface area contributed by atoms with Crippen LogP contribution in [0.5, 0.6) is 0 Å². The van der Waals surface area contributed by atoms with Gasteiger partial charge in [-0.2, -0.15) is 5.26 Å². The fraction of sp³-hybridized carbons (Fsp3) is 0.250. The van der Waals surface area contributed by atoms with Gasteiger partial charge in [0.05, 0.1) is 0 Å². The van der Waals surface area contributed by atoms with E-state index in [4.69, 9.17) is 9.15 Å². The molecule has 8 nitrogen and oxygen atoms in total. The molecule has 0 fully saturated rings. The Morgan fingerprint density at radius 3 is 2.44 bits per heavy atom. The second kappa shape index (κ2) is 9.79. The Morgan fingerprint density at radius 2 is 1.84 bits per heavy atom. The molecule has 1 aromatic carbocycles. The number of nitrogens with one attached hydrogen (secondary N) is 1. The summed E-state index contributed by atoms with van der Waals surface area (Å²) in [5.74, 6) is -0.888. The van der Waals surface area contributed by atoms with Crippen molar-refractivity contribution >= 4 is 23.3 Å². The van der Waals surface area contributed by atoms with Crippen LogP contribution in [0.4, 0.5) is 5.69 Å². The Balaban J connectivity index is 1.73. The average Bonchev–Trinajstić information content (AvgIpc) is 3.41. The summed E-state index contributed by atoms with van der Waals surface area (Å²) >= 11 is 0. The maximum absolute atomic E-state index is 12.8. The number of aromatic nitrogens is 1. The molecule has 164 valence electrons. The van der Waals surface area contributed by atoms with Gasteiger partial charge in [-0.1, -0.05) is 6.92 Å². The molecule has 8 heteroatoms. The smallest absolute Gasteiger partial charge is 0.343 e. The number of aryl methyl sites for hydroxylation is 1. The molecule has 1 amide bonds. The molecule has 1 atom stereocenters. The Bertz CT molecular complexity index is 1170. The molecule has 0 aliphatic rings. The predicted octanol–water partition coefficient (Wildman–Crippen LogP) is 4.42. The highest BCUT2D eigenvalue weighted by Crippen LogP contribution is 2.26. The van der Waals surface area contributed by atoms with E-state index in [0.29, 0.717) is 17.7 Å². The maximum Gasteiger partial charge on any atom is 0.343 e. The van der Waals surface area contributed by atoms with Gasteiger partial charge in [0.2, 0.25) is 17.6 Å². The first-order valence-corrected chi connectivity index (χ1v) is 10.2. The number of hydrogen-bond acceptors (Lipinski definition) is 6. The zero-order valence-electron chi connectivity index (χ0n) is 18.0. The monoisotopic (exact) mass is 433 g/mol. The first-order chi connectivity index (χ1) is 15.3. The van der Waals surface area contributed by atoms with Crippen molar-refractivity contribution in [3.63, 3.8) is 0 Å². The lowest BCUT2D eigenvalue weighted by atomic mass is 10.1. The number of esters is 1. The number of ether oxygens (including phenoxy) is 1. The largest absolute Gasteiger partial charge is 0.451 e. The number of nitriles is 1. The summed E-state index contributed by atoms with van der Waals surface area (Å²) < 4.78 is 12.5. The first-order valence-electron chi connectivity index (χ1n) is 10.2. The van der Waals surface area contributed by atoms with E-state index in [1.807, 2.05) is 13.0 Å². The highest BCUT2D eigenvalue weighted by molar-refractivity contribution is 6.02. The summed E-state index contributed by atoms with van der Waals surface area (Å²) in [5.41, 5.74) is 0.937. The van der Waals surface area contributed by atoms with Crippen molar-refractivity contribution in [1.29, 1.82) is 5.26 Å². The van der Waals surface area contributed by atoms with Crippen molar-refractivity contribution in [3.8, 4) is 12.0 Å². The van der Waals surface area contributed by atoms with Crippen molar-refractivity contribution < 1.29 is 23.5 Å². The third kappa shape index (κ3) is 4.78. The SMILES string of the molecule is CCCC(=O)Nc1ccc(C(=O)C(C)OC(=O)c2c(C)oc(-n3cccc3)c2C#N)cc1. The molecule has 0 aliphatic heterocycles. The van der Waals surface area contributed by atoms with Crippen molar-refractivity contribution in [2.45, 2.75) is 39.7 Å². The van der Waals surface area contributed by atoms with Crippen molar-refractivity contribution in [3.05, 3.63) is 71.2 Å². The maximum atomic E-state index is 12.8. The van der Waals surface area contributed by atoms with E-state index in [1.54, 1.807) is 60.3 Å². The molecule has 0 saturated heterocycles. The number of Topliss-reactive ketones (excluding diaryl/α,β-unsaturated/α-hetero) is 1. The van der Waals surface area contributed by atoms with Crippen molar-refractivity contribution in [2.75, 3.05) is 5.32 Å². The summed E-state index contributed by atoms with van der Waals surface area (Å²) in [4.78, 5) is 37.2. The molecule has 32 heavy (non-hydrogen) atoms. The van der Waals surface area contributed by atoms with E-state index < -0.39 is 17.9 Å². The van der Waals surface area contributed by atoms with Gasteiger partial charge in [0, 0.05) is 30.1 Å². The highest BCUT2D eigenvalue weighted by atomic mass is 16.5. The zero-order valence-corrected chi connectivity index (χ0v) is 18.0. The van der Waals surface area contributed by atoms with Gasteiger partial charge in [0.1, 0.15) is 23.0 Å². The van der Waals surface area contributed by atoms with Gasteiger partial charge in [0.25, 0.3) is 0 Å². The van der Waals surface area contributed by atoms with Gasteiger partial charge in [0.15, 0.2) is 6.10 Å². The number of benzene rings is 1. The number of amides is 1. The molecular formula is C24H23N3O5. The van der Waals surface area contributed by atoms with Gasteiger partial charge < -0.3 is 14.5 Å². The molecule has 2 aromatic heterocycles. The fourth-order valence-corrected chi connectivity index (χ4v) is 3.21. The van der Waals surface area contributed by atoms with Crippen LogP contribution in [0, 0.1) is 18.3 Å². The Labute approximate surface area is 185 Å². The zero-order chi connectivity index (χ0) is 23.3. The molecule has 0 radical (unpaired) electrons. The standard InChI is InChI=1S/C24H23N3O5/c1-4-7-20(28)26-18-10-8-17(9-11-18)22(29)16(3)32-24(30)21-15(2)31-23(19(21)14-25)27-12-5-6-13-27/h5-6,8-13,16H,4,7H2,1-3H3,(H,26,28). The molecule has 0 bridgehead atoms. The average molecular weight is 433 g/mol. The molecular weight excluding hydrogens is 410 g/mol. The summed E-state index contributed by atoms with van der Waals surface area (Å²) in [7, 11) is 0. The fourth-order valence-electron chi connectivity index (χ4n) is 3.21. The van der Waals surface area contributed by atoms with E-state index in [-0.39, 0.29) is 28.7 Å². The normalized spacial score (nSPS) is 11.4. The first kappa shape index (κ1) is 22.6. The topological polar surface area (TPSA) is 114 Å². The number of carbonyl (C=O) groups is 3. The molecule has 3 rings (SSSR count). The Kier molecular flexibility index (Phi) is 6.90. The minimum absolute atomic E-state index is 0.00941. The van der Waals surface area contributed by atoms with Crippen LogP contribution in [0.3, 0.4) is 0 Å². The number of nitrogens with zero attached hydrogens (tertiary/aromatic N) is 2. The van der Waals surface area contributed by atoms with Crippen LogP contribution in [0.15, 0.2) is 53.2 Å². The van der Waals surface area contributed by atoms with Crippen molar-refractivity contribution in [1.82, 2.24) is 4.57 Å². The van der Waals surface area contributed by atoms with Gasteiger partial charge >= 0.3 is 5.97 Å². The number of anilines is 1. The van der Waals surface area contributed by atoms with Gasteiger partial charge in [-0.3, -0.25) is 14.2 Å². The number of ketones is 1. The van der Waals surface area contributed by atoms with E-state index in [0.717, 1.165) is 6.42 Å². The van der Waals surface area contributed by atoms with Gasteiger partial charge in [-0.25, -0.2) is 4.79 Å². The molecule has 1 unspecified atom stereocenters. The summed E-state index contributed by atoms with van der Waals surface area (Å²) in [5, 5.41) is 12.3. The molecule has 0 saturated carbocycles. The molecule has 0 aliphatic carbocycles. The minimum Gasteiger partial charge on any atom is -0.451 e. The van der Waals surface area contributed by atoms with E-state index in [2.05, 4.69) is 5.32 Å². The van der Waals surface area contributed by atoms with Crippen LogP contribution >= 0.6 is 0 Å². The van der Waals surface area contributed by atoms with Gasteiger partial charge in [-0.05, 0) is 56.7 Å². The van der Waals surface area contributed by atoms with Crippen LogP contribution < -0.4 is 5.32 Å². The lowest BCUT2D eigenvalue weighted by molar-refractivity contribution is -0.116. The second-order valence-electron chi connectivity index (χ2n) is 7.20. The van der Waals surface area contributed by atoms with Gasteiger partial charge in [-0.15, -0.1) is 0 Å². The third-order valence-corrected chi connectivity index (χ3v) is 4.80. The number of rotatable bonds is 8. The van der Waals surface area contributed by atoms with Crippen LogP contribution in [0.2, 0.25) is 0 Å². The quantitative estimate of drug-likeness (QED) is 0.415. The highest BCUT2D eigenvalue weighted by Gasteiger charge is 2.28. The van der Waals surface area contributed by atoms with E-state index >= 15 is 0 Å². The number of hydrogen-bond donors (Lipinski definition) is 1. The second-order valence-corrected chi connectivity index (χ2v) is 7.20. The Morgan fingerprint density at radius 1 is 1.19 bits per heavy atom. The molecule has 1 N–H and O–H groups in total. The lowest BCUT2D eigenvalue weighted by Gasteiger charge is -2.13. The van der Waals surface area contributed by atoms with Crippen LogP contribution in [0.1, 0.15) is 58.7 Å². The Hall–Kier alpha value is -4.12. The molecule has 3 aromatic rings. The lowest BCUT2D eigenvalue weighted by Crippen LogP contribution is -2.25. The molecule has 0 spiro atoms. The van der Waals surface area contributed by atoms with E-state index in [1.165, 1.54) is 6.92 Å². The van der Waals surface area contributed by atoms with Crippen molar-refractivity contribution in [2.24, 2.45) is 0 Å². The predicted molar refractivity (Wildman–Crippen MR) is 117 cm³/mol. The third-order valence-electron chi connectivity index (χ3n) is 4.80. The molecule has 2 heterocycles. The van der Waals surface area contributed by atoms with Crippen LogP contribution in [0.25, 0.3) is 5.88 Å². The summed E-state index contributed by atoms with van der Waals surface area (Å²) in [6.07, 6.45) is 3.45. The van der Waals surface area contributed by atoms with E-state index in [9.17, 15) is 19.6 Å². The number of furan rings is 1. The number of carbonyl (C=O) groups excluding carboxylic acids is 3. The minimum atomic E-state index is -1.08.